The first kappa shape index (κ1) is 13.9. The Kier molecular flexibility index (Phi) is 3.34. The Morgan fingerprint density at radius 2 is 2.05 bits per heavy atom. The van der Waals surface area contributed by atoms with E-state index in [1.807, 2.05) is 0 Å². The van der Waals surface area contributed by atoms with E-state index in [-0.39, 0.29) is 4.90 Å². The van der Waals surface area contributed by atoms with Gasteiger partial charge in [-0.15, -0.1) is 0 Å². The third kappa shape index (κ3) is 2.72. The van der Waals surface area contributed by atoms with Crippen LogP contribution in [-0.4, -0.2) is 18.4 Å². The summed E-state index contributed by atoms with van der Waals surface area (Å²) in [6.45, 7) is 0. The summed E-state index contributed by atoms with van der Waals surface area (Å²) in [5, 5.41) is 0.585. The fraction of sp³-hybridized carbons (Fsp3) is 0. The van der Waals surface area contributed by atoms with E-state index < -0.39 is 10.0 Å². The maximum atomic E-state index is 12.4. The molecule has 4 N–H and O–H groups in total. The van der Waals surface area contributed by atoms with E-state index in [0.29, 0.717) is 26.9 Å². The Balaban J connectivity index is 2.02. The summed E-state index contributed by atoms with van der Waals surface area (Å²) in [4.78, 5) is 7.06. The Hall–Kier alpha value is -2.06. The molecular formula is C13H11BrN4O2S. The molecule has 0 aliphatic rings. The summed E-state index contributed by atoms with van der Waals surface area (Å²) in [7, 11) is -3.70. The van der Waals surface area contributed by atoms with Gasteiger partial charge in [-0.3, -0.25) is 4.72 Å². The molecule has 2 heterocycles. The lowest BCUT2D eigenvalue weighted by Gasteiger charge is -2.06. The summed E-state index contributed by atoms with van der Waals surface area (Å²) in [5.41, 5.74) is 7.31. The van der Waals surface area contributed by atoms with E-state index in [1.54, 1.807) is 30.3 Å². The lowest BCUT2D eigenvalue weighted by atomic mass is 10.2. The number of hydrogen-bond donors (Lipinski definition) is 3. The quantitative estimate of drug-likeness (QED) is 0.489. The van der Waals surface area contributed by atoms with Crippen LogP contribution in [0.1, 0.15) is 0 Å². The molecule has 1 aromatic carbocycles. The number of hydrogen-bond acceptors (Lipinski definition) is 4. The molecule has 8 heteroatoms. The van der Waals surface area contributed by atoms with Gasteiger partial charge in [0, 0.05) is 22.8 Å². The summed E-state index contributed by atoms with van der Waals surface area (Å²) in [6, 6.07) is 8.32. The highest BCUT2D eigenvalue weighted by atomic mass is 79.9. The van der Waals surface area contributed by atoms with Gasteiger partial charge in [0.1, 0.15) is 9.50 Å². The molecule has 0 unspecified atom stereocenters. The Morgan fingerprint density at radius 1 is 1.24 bits per heavy atom. The van der Waals surface area contributed by atoms with Crippen molar-refractivity contribution in [3.05, 3.63) is 47.3 Å². The lowest BCUT2D eigenvalue weighted by molar-refractivity contribution is 0.602. The third-order valence-electron chi connectivity index (χ3n) is 2.94. The number of sulfonamides is 1. The maximum Gasteiger partial charge on any atom is 0.264 e. The van der Waals surface area contributed by atoms with Gasteiger partial charge in [-0.05, 0) is 46.3 Å². The molecule has 0 atom stereocenters. The second kappa shape index (κ2) is 5.05. The van der Waals surface area contributed by atoms with E-state index in [2.05, 4.69) is 30.6 Å². The van der Waals surface area contributed by atoms with Crippen LogP contribution in [0.25, 0.3) is 10.9 Å². The van der Waals surface area contributed by atoms with E-state index in [9.17, 15) is 8.42 Å². The minimum atomic E-state index is -3.70. The zero-order valence-corrected chi connectivity index (χ0v) is 13.1. The van der Waals surface area contributed by atoms with Crippen molar-refractivity contribution in [1.29, 1.82) is 0 Å². The largest absolute Gasteiger partial charge is 0.399 e. The first-order valence-electron chi connectivity index (χ1n) is 5.97. The molecule has 0 spiro atoms. The number of nitrogen functional groups attached to an aromatic ring is 1. The van der Waals surface area contributed by atoms with Gasteiger partial charge in [-0.2, -0.15) is 0 Å². The molecule has 0 aliphatic carbocycles. The van der Waals surface area contributed by atoms with Crippen LogP contribution in [0.3, 0.4) is 0 Å². The molecule has 0 saturated carbocycles. The molecule has 0 saturated heterocycles. The van der Waals surface area contributed by atoms with Gasteiger partial charge >= 0.3 is 0 Å². The maximum absolute atomic E-state index is 12.4. The summed E-state index contributed by atoms with van der Waals surface area (Å²) < 4.78 is 28.0. The highest BCUT2D eigenvalue weighted by molar-refractivity contribution is 9.10. The summed E-state index contributed by atoms with van der Waals surface area (Å²) in [5.74, 6) is 0. The van der Waals surface area contributed by atoms with Crippen LogP contribution in [0.4, 0.5) is 11.4 Å². The number of fused-ring (bicyclic) bond motifs is 1. The first-order valence-corrected chi connectivity index (χ1v) is 8.24. The van der Waals surface area contributed by atoms with Crippen LogP contribution in [0, 0.1) is 0 Å². The Labute approximate surface area is 129 Å². The van der Waals surface area contributed by atoms with Crippen molar-refractivity contribution < 1.29 is 8.42 Å². The number of aromatic amines is 1. The van der Waals surface area contributed by atoms with Crippen LogP contribution in [0.5, 0.6) is 0 Å². The van der Waals surface area contributed by atoms with Crippen molar-refractivity contribution in [3.63, 3.8) is 0 Å². The molecule has 3 aromatic rings. The number of nitrogens with one attached hydrogen (secondary N) is 2. The van der Waals surface area contributed by atoms with E-state index in [1.165, 1.54) is 12.4 Å². The standard InChI is InChI=1S/C13H11BrN4O2S/c14-13-4-2-9(6-17-13)18-21(19,20)12-7-16-11-5-8(15)1-3-10(11)12/h1-7,16,18H,15H2. The van der Waals surface area contributed by atoms with Gasteiger partial charge in [0.05, 0.1) is 11.9 Å². The van der Waals surface area contributed by atoms with Gasteiger partial charge in [0.25, 0.3) is 10.0 Å². The summed E-state index contributed by atoms with van der Waals surface area (Å²) >= 11 is 3.20. The number of anilines is 2. The topological polar surface area (TPSA) is 101 Å². The number of rotatable bonds is 3. The molecule has 0 fully saturated rings. The third-order valence-corrected chi connectivity index (χ3v) is 4.83. The fourth-order valence-corrected chi connectivity index (χ4v) is 3.44. The van der Waals surface area contributed by atoms with Crippen molar-refractivity contribution >= 4 is 48.2 Å². The van der Waals surface area contributed by atoms with Crippen molar-refractivity contribution in [3.8, 4) is 0 Å². The number of pyridine rings is 1. The van der Waals surface area contributed by atoms with E-state index in [4.69, 9.17) is 5.73 Å². The normalized spacial score (nSPS) is 11.7. The Bertz CT molecular complexity index is 904. The van der Waals surface area contributed by atoms with E-state index >= 15 is 0 Å². The summed E-state index contributed by atoms with van der Waals surface area (Å²) in [6.07, 6.45) is 2.88. The molecule has 6 nitrogen and oxygen atoms in total. The van der Waals surface area contributed by atoms with Crippen molar-refractivity contribution in [2.45, 2.75) is 4.90 Å². The number of H-pyrrole nitrogens is 1. The van der Waals surface area contributed by atoms with Crippen molar-refractivity contribution in [2.75, 3.05) is 10.5 Å². The van der Waals surface area contributed by atoms with Crippen molar-refractivity contribution in [1.82, 2.24) is 9.97 Å². The van der Waals surface area contributed by atoms with Crippen LogP contribution in [-0.2, 0) is 10.0 Å². The Morgan fingerprint density at radius 3 is 2.76 bits per heavy atom. The lowest BCUT2D eigenvalue weighted by Crippen LogP contribution is -2.12. The van der Waals surface area contributed by atoms with Gasteiger partial charge in [0.2, 0.25) is 0 Å². The number of halogens is 1. The smallest absolute Gasteiger partial charge is 0.264 e. The van der Waals surface area contributed by atoms with Gasteiger partial charge in [0.15, 0.2) is 0 Å². The zero-order chi connectivity index (χ0) is 15.0. The number of benzene rings is 1. The highest BCUT2D eigenvalue weighted by Gasteiger charge is 2.19. The molecule has 0 amide bonds. The predicted octanol–water partition coefficient (Wildman–Crippen LogP) is 2.71. The average Bonchev–Trinajstić information content (AvgIpc) is 2.85. The highest BCUT2D eigenvalue weighted by Crippen LogP contribution is 2.26. The number of aromatic nitrogens is 2. The van der Waals surface area contributed by atoms with Crippen LogP contribution in [0.2, 0.25) is 0 Å². The monoisotopic (exact) mass is 366 g/mol. The minimum absolute atomic E-state index is 0.167. The molecule has 21 heavy (non-hydrogen) atoms. The first-order chi connectivity index (χ1) is 9.95. The second-order valence-electron chi connectivity index (χ2n) is 4.43. The fourth-order valence-electron chi connectivity index (χ4n) is 1.99. The molecule has 0 bridgehead atoms. The predicted molar refractivity (Wildman–Crippen MR) is 85.5 cm³/mol. The average molecular weight is 367 g/mol. The van der Waals surface area contributed by atoms with Crippen LogP contribution >= 0.6 is 15.9 Å². The van der Waals surface area contributed by atoms with Crippen molar-refractivity contribution in [2.24, 2.45) is 0 Å². The molecular weight excluding hydrogens is 356 g/mol. The minimum Gasteiger partial charge on any atom is -0.399 e. The van der Waals surface area contributed by atoms with E-state index in [0.717, 1.165) is 0 Å². The van der Waals surface area contributed by atoms with Gasteiger partial charge in [-0.1, -0.05) is 0 Å². The zero-order valence-electron chi connectivity index (χ0n) is 10.7. The molecule has 0 aliphatic heterocycles. The molecule has 108 valence electrons. The van der Waals surface area contributed by atoms with Gasteiger partial charge < -0.3 is 10.7 Å². The van der Waals surface area contributed by atoms with Gasteiger partial charge in [-0.25, -0.2) is 13.4 Å². The molecule has 2 aromatic heterocycles. The number of nitrogens with zero attached hydrogens (tertiary/aromatic N) is 1. The van der Waals surface area contributed by atoms with Crippen LogP contribution in [0.15, 0.2) is 52.2 Å². The molecule has 3 rings (SSSR count). The number of nitrogens with two attached hydrogens (primary N) is 1. The SMILES string of the molecule is Nc1ccc2c(S(=O)(=O)Nc3ccc(Br)nc3)c[nH]c2c1. The second-order valence-corrected chi connectivity index (χ2v) is 6.90. The van der Waals surface area contributed by atoms with Crippen LogP contribution < -0.4 is 10.5 Å². The molecule has 0 radical (unpaired) electrons.